The summed E-state index contributed by atoms with van der Waals surface area (Å²) in [5.74, 6) is 0.0909. The molecule has 148 valence electrons. The molecule has 2 aliphatic heterocycles. The topological polar surface area (TPSA) is 57.7 Å². The van der Waals surface area contributed by atoms with Crippen molar-refractivity contribution in [3.8, 4) is 0 Å². The first-order valence-corrected chi connectivity index (χ1v) is 11.6. The third-order valence-corrected chi connectivity index (χ3v) is 7.74. The van der Waals surface area contributed by atoms with Crippen molar-refractivity contribution in [3.63, 3.8) is 0 Å². The second-order valence-corrected chi connectivity index (χ2v) is 9.91. The number of amides is 1. The van der Waals surface area contributed by atoms with Crippen LogP contribution in [-0.4, -0.2) is 49.4 Å². The summed E-state index contributed by atoms with van der Waals surface area (Å²) in [6.07, 6.45) is 0.928. The molecule has 2 aliphatic rings. The Balaban J connectivity index is 1.69. The number of carbonyl (C=O) groups is 1. The van der Waals surface area contributed by atoms with Gasteiger partial charge in [-0.05, 0) is 36.6 Å². The smallest absolute Gasteiger partial charge is 0.241 e. The summed E-state index contributed by atoms with van der Waals surface area (Å²) in [5, 5.41) is 0. The van der Waals surface area contributed by atoms with Crippen LogP contribution in [0, 0.1) is 0 Å². The van der Waals surface area contributed by atoms with Crippen molar-refractivity contribution < 1.29 is 13.2 Å². The molecule has 0 bridgehead atoms. The highest BCUT2D eigenvalue weighted by Crippen LogP contribution is 2.36. The van der Waals surface area contributed by atoms with E-state index in [4.69, 9.17) is 0 Å². The highest BCUT2D eigenvalue weighted by atomic mass is 32.2. The minimum absolute atomic E-state index is 0.0180. The number of benzene rings is 2. The first-order chi connectivity index (χ1) is 13.4. The molecule has 6 heteroatoms. The van der Waals surface area contributed by atoms with E-state index in [9.17, 15) is 13.2 Å². The number of nitrogens with zero attached hydrogens (tertiary/aromatic N) is 2. The Morgan fingerprint density at radius 1 is 1.00 bits per heavy atom. The van der Waals surface area contributed by atoms with Gasteiger partial charge < -0.3 is 4.90 Å². The fraction of sp³-hybridized carbons (Fsp3) is 0.409. The van der Waals surface area contributed by atoms with Crippen molar-refractivity contribution in [1.82, 2.24) is 4.90 Å². The molecule has 2 saturated heterocycles. The van der Waals surface area contributed by atoms with Crippen LogP contribution in [-0.2, 0) is 21.1 Å². The van der Waals surface area contributed by atoms with Crippen molar-refractivity contribution in [1.29, 1.82) is 0 Å². The second kappa shape index (κ2) is 7.33. The maximum Gasteiger partial charge on any atom is 0.241 e. The van der Waals surface area contributed by atoms with Crippen LogP contribution < -0.4 is 4.90 Å². The summed E-state index contributed by atoms with van der Waals surface area (Å²) < 4.78 is 25.0. The van der Waals surface area contributed by atoms with Crippen LogP contribution >= 0.6 is 0 Å². The number of hydrogen-bond donors (Lipinski definition) is 0. The molecule has 0 aromatic heterocycles. The highest BCUT2D eigenvalue weighted by Gasteiger charge is 2.50. The molecule has 1 amide bonds. The predicted octanol–water partition coefficient (Wildman–Crippen LogP) is 2.82. The Kier molecular flexibility index (Phi) is 5.02. The second-order valence-electron chi connectivity index (χ2n) is 7.75. The fourth-order valence-corrected chi connectivity index (χ4v) is 6.44. The normalized spacial score (nSPS) is 25.5. The van der Waals surface area contributed by atoms with Crippen LogP contribution in [0.5, 0.6) is 0 Å². The highest BCUT2D eigenvalue weighted by molar-refractivity contribution is 7.91. The van der Waals surface area contributed by atoms with Crippen molar-refractivity contribution in [3.05, 3.63) is 65.7 Å². The quantitative estimate of drug-likeness (QED) is 0.795. The number of carbonyl (C=O) groups excluding carboxylic acids is 1. The Labute approximate surface area is 166 Å². The molecule has 2 aromatic carbocycles. The average Bonchev–Trinajstić information content (AvgIpc) is 3.02. The zero-order valence-electron chi connectivity index (χ0n) is 16.3. The van der Waals surface area contributed by atoms with Crippen molar-refractivity contribution in [2.75, 3.05) is 23.0 Å². The minimum Gasteiger partial charge on any atom is -0.306 e. The maximum absolute atomic E-state index is 13.1. The van der Waals surface area contributed by atoms with E-state index in [2.05, 4.69) is 18.7 Å². The summed E-state index contributed by atoms with van der Waals surface area (Å²) in [7, 11) is -3.19. The minimum atomic E-state index is -3.19. The Bertz CT molecular complexity index is 957. The van der Waals surface area contributed by atoms with E-state index in [0.717, 1.165) is 17.7 Å². The van der Waals surface area contributed by atoms with E-state index in [1.54, 1.807) is 4.90 Å². The first kappa shape index (κ1) is 19.2. The van der Waals surface area contributed by atoms with Gasteiger partial charge in [0.2, 0.25) is 5.91 Å². The lowest BCUT2D eigenvalue weighted by atomic mass is 9.97. The molecule has 2 aromatic rings. The molecule has 2 heterocycles. The van der Waals surface area contributed by atoms with Gasteiger partial charge in [-0.15, -0.1) is 0 Å². The van der Waals surface area contributed by atoms with Crippen LogP contribution in [0.1, 0.15) is 31.0 Å². The van der Waals surface area contributed by atoms with E-state index in [1.807, 2.05) is 54.6 Å². The van der Waals surface area contributed by atoms with Gasteiger partial charge in [0.15, 0.2) is 9.84 Å². The monoisotopic (exact) mass is 398 g/mol. The summed E-state index contributed by atoms with van der Waals surface area (Å²) in [4.78, 5) is 16.9. The number of sulfone groups is 1. The van der Waals surface area contributed by atoms with Crippen LogP contribution in [0.2, 0.25) is 0 Å². The van der Waals surface area contributed by atoms with Gasteiger partial charge in [-0.2, -0.15) is 0 Å². The molecular formula is C22H26N2O3S. The van der Waals surface area contributed by atoms with E-state index < -0.39 is 9.84 Å². The van der Waals surface area contributed by atoms with E-state index in [0.29, 0.717) is 0 Å². The van der Waals surface area contributed by atoms with Crippen molar-refractivity contribution in [2.24, 2.45) is 0 Å². The Hall–Kier alpha value is -2.18. The standard InChI is InChI=1S/C22H26N2O3S/c1-3-17-9-11-19(12-10-17)24-21-15-28(26,27)14-20(21)23(13-22(24)25)16(2)18-7-5-4-6-8-18/h4-12,16,20-21H,3,13-15H2,1-2H3/t16-,20-,21+/m0/s1. The molecule has 0 spiro atoms. The lowest BCUT2D eigenvalue weighted by Gasteiger charge is -2.46. The largest absolute Gasteiger partial charge is 0.306 e. The number of rotatable bonds is 4. The lowest BCUT2D eigenvalue weighted by Crippen LogP contribution is -2.62. The number of aryl methyl sites for hydroxylation is 1. The summed E-state index contributed by atoms with van der Waals surface area (Å²) >= 11 is 0. The van der Waals surface area contributed by atoms with Gasteiger partial charge >= 0.3 is 0 Å². The molecule has 5 nitrogen and oxygen atoms in total. The third kappa shape index (κ3) is 3.47. The van der Waals surface area contributed by atoms with Gasteiger partial charge in [-0.3, -0.25) is 9.69 Å². The summed E-state index contributed by atoms with van der Waals surface area (Å²) in [5.41, 5.74) is 3.09. The molecule has 0 radical (unpaired) electrons. The van der Waals surface area contributed by atoms with E-state index >= 15 is 0 Å². The number of hydrogen-bond acceptors (Lipinski definition) is 4. The molecule has 0 saturated carbocycles. The first-order valence-electron chi connectivity index (χ1n) is 9.81. The van der Waals surface area contributed by atoms with Crippen LogP contribution in [0.3, 0.4) is 0 Å². The van der Waals surface area contributed by atoms with E-state index in [-0.39, 0.29) is 42.1 Å². The zero-order valence-corrected chi connectivity index (χ0v) is 17.1. The van der Waals surface area contributed by atoms with Gasteiger partial charge in [0.1, 0.15) is 0 Å². The lowest BCUT2D eigenvalue weighted by molar-refractivity contribution is -0.124. The maximum atomic E-state index is 13.1. The molecule has 4 rings (SSSR count). The molecule has 28 heavy (non-hydrogen) atoms. The Morgan fingerprint density at radius 2 is 1.64 bits per heavy atom. The van der Waals surface area contributed by atoms with E-state index in [1.165, 1.54) is 5.56 Å². The molecule has 0 aliphatic carbocycles. The predicted molar refractivity (Wildman–Crippen MR) is 111 cm³/mol. The van der Waals surface area contributed by atoms with Gasteiger partial charge in [0, 0.05) is 17.8 Å². The van der Waals surface area contributed by atoms with Gasteiger partial charge in [0.25, 0.3) is 0 Å². The van der Waals surface area contributed by atoms with Crippen LogP contribution in [0.25, 0.3) is 0 Å². The molecular weight excluding hydrogens is 372 g/mol. The number of anilines is 1. The summed E-state index contributed by atoms with van der Waals surface area (Å²) in [6, 6.07) is 17.3. The van der Waals surface area contributed by atoms with Gasteiger partial charge in [0.05, 0.1) is 24.1 Å². The van der Waals surface area contributed by atoms with Gasteiger partial charge in [-0.1, -0.05) is 49.4 Å². The summed E-state index contributed by atoms with van der Waals surface area (Å²) in [6.45, 7) is 4.36. The Morgan fingerprint density at radius 3 is 2.29 bits per heavy atom. The van der Waals surface area contributed by atoms with Crippen LogP contribution in [0.15, 0.2) is 54.6 Å². The van der Waals surface area contributed by atoms with Gasteiger partial charge in [-0.25, -0.2) is 8.42 Å². The average molecular weight is 399 g/mol. The number of fused-ring (bicyclic) bond motifs is 1. The molecule has 0 N–H and O–H groups in total. The van der Waals surface area contributed by atoms with Crippen molar-refractivity contribution in [2.45, 2.75) is 38.4 Å². The fourth-order valence-electron chi connectivity index (χ4n) is 4.48. The molecule has 3 atom stereocenters. The SMILES string of the molecule is CCc1ccc(N2C(=O)CN([C@@H](C)c3ccccc3)[C@H]3CS(=O)(=O)C[C@H]32)cc1. The van der Waals surface area contributed by atoms with Crippen molar-refractivity contribution >= 4 is 21.4 Å². The van der Waals surface area contributed by atoms with Crippen LogP contribution in [0.4, 0.5) is 5.69 Å². The third-order valence-electron chi connectivity index (χ3n) is 6.04. The zero-order chi connectivity index (χ0) is 19.9. The molecule has 2 fully saturated rings. The molecule has 0 unspecified atom stereocenters. The number of piperazine rings is 1.